The van der Waals surface area contributed by atoms with Crippen molar-refractivity contribution < 1.29 is 24.3 Å². The van der Waals surface area contributed by atoms with Crippen LogP contribution in [0.5, 0.6) is 5.75 Å². The van der Waals surface area contributed by atoms with Crippen LogP contribution >= 0.6 is 0 Å². The zero-order chi connectivity index (χ0) is 32.7. The van der Waals surface area contributed by atoms with Crippen LogP contribution in [0.2, 0.25) is 0 Å². The van der Waals surface area contributed by atoms with Gasteiger partial charge >= 0.3 is 0 Å². The van der Waals surface area contributed by atoms with Crippen molar-refractivity contribution in [1.82, 2.24) is 20.5 Å². The van der Waals surface area contributed by atoms with Crippen molar-refractivity contribution in [3.8, 4) is 5.75 Å². The number of para-hydroxylation sites is 1. The fourth-order valence-electron chi connectivity index (χ4n) is 5.03. The van der Waals surface area contributed by atoms with E-state index >= 15 is 0 Å². The molecule has 11 nitrogen and oxygen atoms in total. The monoisotopic (exact) mass is 610 g/mol. The predicted molar refractivity (Wildman–Crippen MR) is 172 cm³/mol. The fraction of sp³-hybridized carbons (Fsp3) is 0.235. The van der Waals surface area contributed by atoms with E-state index in [1.54, 1.807) is 55.6 Å². The average Bonchev–Trinajstić information content (AvgIpc) is 3.45. The van der Waals surface area contributed by atoms with E-state index in [0.29, 0.717) is 5.56 Å². The van der Waals surface area contributed by atoms with Crippen LogP contribution in [0.4, 0.5) is 0 Å². The Morgan fingerprint density at radius 2 is 1.56 bits per heavy atom. The SMILES string of the molecule is C=C(C(N)=O)[C@@H](NC(=O)[C@H](Cc1c[nH]c2ccccc12)NC(=O)[C@@H](C)N(C)C(=O)[C@@H](N)Cc1ccc(O)cc1)c1ccccc1. The number of rotatable bonds is 13. The summed E-state index contributed by atoms with van der Waals surface area (Å²) in [6.45, 7) is 5.34. The van der Waals surface area contributed by atoms with Gasteiger partial charge in [0.15, 0.2) is 0 Å². The number of phenolic OH excluding ortho intramolecular Hbond substituents is 1. The van der Waals surface area contributed by atoms with Gasteiger partial charge in [-0.3, -0.25) is 19.2 Å². The number of carbonyl (C=O) groups excluding carboxylic acids is 4. The number of hydrogen-bond donors (Lipinski definition) is 6. The Bertz CT molecular complexity index is 1680. The number of likely N-dealkylation sites (N-methyl/N-ethyl adjacent to an activating group) is 1. The van der Waals surface area contributed by atoms with Gasteiger partial charge in [-0.1, -0.05) is 67.2 Å². The molecule has 0 aliphatic rings. The molecule has 1 aromatic heterocycles. The second-order valence-electron chi connectivity index (χ2n) is 11.0. The van der Waals surface area contributed by atoms with Crippen molar-refractivity contribution in [2.75, 3.05) is 7.05 Å². The van der Waals surface area contributed by atoms with Gasteiger partial charge in [0.1, 0.15) is 17.8 Å². The van der Waals surface area contributed by atoms with Crippen LogP contribution in [0, 0.1) is 0 Å². The number of benzene rings is 3. The van der Waals surface area contributed by atoms with Crippen molar-refractivity contribution >= 4 is 34.5 Å². The third-order valence-electron chi connectivity index (χ3n) is 7.83. The fourth-order valence-corrected chi connectivity index (χ4v) is 5.03. The minimum Gasteiger partial charge on any atom is -0.508 e. The third kappa shape index (κ3) is 7.95. The van der Waals surface area contributed by atoms with Gasteiger partial charge in [-0.05, 0) is 48.2 Å². The molecule has 0 unspecified atom stereocenters. The van der Waals surface area contributed by atoms with Gasteiger partial charge in [-0.15, -0.1) is 0 Å². The Morgan fingerprint density at radius 3 is 2.22 bits per heavy atom. The number of H-pyrrole nitrogens is 1. The Hall–Kier alpha value is -5.42. The Labute approximate surface area is 261 Å². The van der Waals surface area contributed by atoms with Crippen LogP contribution in [0.1, 0.15) is 29.7 Å². The van der Waals surface area contributed by atoms with E-state index in [-0.39, 0.29) is 24.2 Å². The Morgan fingerprint density at radius 1 is 0.911 bits per heavy atom. The van der Waals surface area contributed by atoms with E-state index in [4.69, 9.17) is 11.5 Å². The van der Waals surface area contributed by atoms with E-state index in [9.17, 15) is 24.3 Å². The van der Waals surface area contributed by atoms with Crippen LogP contribution in [0.25, 0.3) is 10.9 Å². The number of hydrogen-bond acceptors (Lipinski definition) is 6. The molecule has 4 amide bonds. The normalized spacial score (nSPS) is 13.7. The lowest BCUT2D eigenvalue weighted by Crippen LogP contribution is -2.56. The van der Waals surface area contributed by atoms with Crippen molar-refractivity contribution in [2.24, 2.45) is 11.5 Å². The lowest BCUT2D eigenvalue weighted by Gasteiger charge is -2.29. The number of carbonyl (C=O) groups is 4. The number of aromatic nitrogens is 1. The van der Waals surface area contributed by atoms with E-state index in [1.807, 2.05) is 24.3 Å². The molecule has 0 saturated heterocycles. The molecular formula is C34H38N6O5. The first-order valence-electron chi connectivity index (χ1n) is 14.5. The second kappa shape index (κ2) is 14.4. The van der Waals surface area contributed by atoms with Gasteiger partial charge < -0.3 is 37.1 Å². The molecule has 4 aromatic rings. The standard InChI is InChI=1S/C34H38N6O5/c1-20(31(36)42)30(23-9-5-4-6-10-23)39-33(44)29(18-24-19-37-28-12-8-7-11-26(24)28)38-32(43)21(2)40(3)34(45)27(35)17-22-13-15-25(41)16-14-22/h4-16,19,21,27,29-30,37,41H,1,17-18,35H2,2-3H3,(H2,36,42)(H,38,43)(H,39,44)/t21-,27+,29+,30-/m1/s1. The smallest absolute Gasteiger partial charge is 0.246 e. The lowest BCUT2D eigenvalue weighted by atomic mass is 9.97. The summed E-state index contributed by atoms with van der Waals surface area (Å²) >= 11 is 0. The highest BCUT2D eigenvalue weighted by atomic mass is 16.3. The minimum absolute atomic E-state index is 0.0203. The summed E-state index contributed by atoms with van der Waals surface area (Å²) in [6.07, 6.45) is 2.08. The van der Waals surface area contributed by atoms with E-state index in [2.05, 4.69) is 22.2 Å². The topological polar surface area (TPSA) is 184 Å². The summed E-state index contributed by atoms with van der Waals surface area (Å²) in [7, 11) is 1.47. The van der Waals surface area contributed by atoms with Crippen LogP contribution in [0.15, 0.2) is 97.2 Å². The highest BCUT2D eigenvalue weighted by Crippen LogP contribution is 2.23. The second-order valence-corrected chi connectivity index (χ2v) is 11.0. The number of nitrogens with one attached hydrogen (secondary N) is 3. The molecule has 4 atom stereocenters. The number of phenols is 1. The maximum Gasteiger partial charge on any atom is 0.246 e. The molecule has 0 fully saturated rings. The Balaban J connectivity index is 1.55. The predicted octanol–water partition coefficient (Wildman–Crippen LogP) is 2.22. The molecule has 3 aromatic carbocycles. The average molecular weight is 611 g/mol. The molecule has 4 rings (SSSR count). The number of nitrogens with two attached hydrogens (primary N) is 2. The van der Waals surface area contributed by atoms with Gasteiger partial charge in [0, 0.05) is 36.1 Å². The first-order chi connectivity index (χ1) is 21.5. The van der Waals surface area contributed by atoms with Gasteiger partial charge in [0.2, 0.25) is 23.6 Å². The van der Waals surface area contributed by atoms with Gasteiger partial charge in [0.25, 0.3) is 0 Å². The lowest BCUT2D eigenvalue weighted by molar-refractivity contribution is -0.140. The van der Waals surface area contributed by atoms with Crippen LogP contribution < -0.4 is 22.1 Å². The van der Waals surface area contributed by atoms with Crippen molar-refractivity contribution in [1.29, 1.82) is 0 Å². The number of fused-ring (bicyclic) bond motifs is 1. The molecule has 8 N–H and O–H groups in total. The van der Waals surface area contributed by atoms with E-state index in [1.165, 1.54) is 24.1 Å². The van der Waals surface area contributed by atoms with Crippen LogP contribution in [-0.2, 0) is 32.0 Å². The summed E-state index contributed by atoms with van der Waals surface area (Å²) in [4.78, 5) is 57.1. The number of aromatic amines is 1. The molecule has 0 aliphatic heterocycles. The molecule has 0 aliphatic carbocycles. The highest BCUT2D eigenvalue weighted by molar-refractivity contribution is 5.96. The number of amides is 4. The Kier molecular flexibility index (Phi) is 10.4. The summed E-state index contributed by atoms with van der Waals surface area (Å²) in [5.74, 6) is -2.30. The van der Waals surface area contributed by atoms with Crippen molar-refractivity contribution in [2.45, 2.75) is 43.9 Å². The summed E-state index contributed by atoms with van der Waals surface area (Å²) in [5, 5.41) is 16.0. The van der Waals surface area contributed by atoms with Gasteiger partial charge in [-0.2, -0.15) is 0 Å². The van der Waals surface area contributed by atoms with Gasteiger partial charge in [0.05, 0.1) is 12.1 Å². The molecule has 0 saturated carbocycles. The van der Waals surface area contributed by atoms with Gasteiger partial charge in [-0.25, -0.2) is 0 Å². The largest absolute Gasteiger partial charge is 0.508 e. The number of primary amides is 1. The first kappa shape index (κ1) is 32.5. The first-order valence-corrected chi connectivity index (χ1v) is 14.5. The summed E-state index contributed by atoms with van der Waals surface area (Å²) in [6, 6.07) is 18.7. The molecule has 1 heterocycles. The maximum absolute atomic E-state index is 13.9. The molecule has 0 radical (unpaired) electrons. The zero-order valence-corrected chi connectivity index (χ0v) is 25.2. The molecule has 234 valence electrons. The van der Waals surface area contributed by atoms with E-state index < -0.39 is 47.8 Å². The van der Waals surface area contributed by atoms with Crippen molar-refractivity contribution in [3.05, 3.63) is 114 Å². The van der Waals surface area contributed by atoms with Crippen LogP contribution in [0.3, 0.4) is 0 Å². The summed E-state index contributed by atoms with van der Waals surface area (Å²) in [5.41, 5.74) is 14.7. The summed E-state index contributed by atoms with van der Waals surface area (Å²) < 4.78 is 0. The maximum atomic E-state index is 13.9. The van der Waals surface area contributed by atoms with Crippen molar-refractivity contribution in [3.63, 3.8) is 0 Å². The zero-order valence-electron chi connectivity index (χ0n) is 25.2. The number of nitrogens with zero attached hydrogens (tertiary/aromatic N) is 1. The highest BCUT2D eigenvalue weighted by Gasteiger charge is 2.32. The quantitative estimate of drug-likeness (QED) is 0.126. The molecule has 0 spiro atoms. The molecule has 0 bridgehead atoms. The minimum atomic E-state index is -1.10. The molecule has 11 heteroatoms. The molecule has 45 heavy (non-hydrogen) atoms. The third-order valence-corrected chi connectivity index (χ3v) is 7.83. The van der Waals surface area contributed by atoms with E-state index in [0.717, 1.165) is 22.0 Å². The number of aromatic hydroxyl groups is 1. The van der Waals surface area contributed by atoms with Crippen LogP contribution in [-0.4, -0.2) is 63.8 Å². The molecular weight excluding hydrogens is 572 g/mol.